The molecule has 1 aliphatic heterocycles. The zero-order chi connectivity index (χ0) is 24.9. The van der Waals surface area contributed by atoms with Gasteiger partial charge in [0.25, 0.3) is 5.91 Å². The maximum Gasteiger partial charge on any atom is 0.371 e. The Balaban J connectivity index is 1.51. The number of ether oxygens (including phenoxy) is 2. The molecule has 3 aromatic rings. The maximum absolute atomic E-state index is 12.5. The summed E-state index contributed by atoms with van der Waals surface area (Å²) in [6, 6.07) is 14.1. The standard InChI is InChI=1S/C26H24N2O6S/c1-4-32-22-12-17(8-10-20(22)33-14-18-9-11-21(34-18)25(30)31)13-23-24(29)28-26(35-23)27-19-7-5-6-15(2)16(19)3/h5-13H,4,14H2,1-3H3,(H,30,31)(H,27,28,29). The van der Waals surface area contributed by atoms with Crippen molar-refractivity contribution in [3.05, 3.63) is 81.6 Å². The van der Waals surface area contributed by atoms with Crippen LogP contribution < -0.4 is 14.8 Å². The quantitative estimate of drug-likeness (QED) is 0.402. The molecule has 2 N–H and O–H groups in total. The average molecular weight is 493 g/mol. The molecule has 4 rings (SSSR count). The van der Waals surface area contributed by atoms with Crippen molar-refractivity contribution in [2.75, 3.05) is 6.61 Å². The van der Waals surface area contributed by atoms with Crippen LogP contribution in [0.15, 0.2) is 62.8 Å². The second kappa shape index (κ2) is 10.5. The summed E-state index contributed by atoms with van der Waals surface area (Å²) in [6.07, 6.45) is 1.77. The van der Waals surface area contributed by atoms with Gasteiger partial charge in [-0.3, -0.25) is 4.79 Å². The molecule has 1 aromatic heterocycles. The van der Waals surface area contributed by atoms with Crippen LogP contribution in [0.3, 0.4) is 0 Å². The number of amides is 1. The van der Waals surface area contributed by atoms with Crippen LogP contribution in [0.25, 0.3) is 6.08 Å². The van der Waals surface area contributed by atoms with Crippen molar-refractivity contribution in [3.8, 4) is 11.5 Å². The summed E-state index contributed by atoms with van der Waals surface area (Å²) in [5.74, 6) is -0.152. The molecular weight excluding hydrogens is 468 g/mol. The number of carboxylic acid groups (broad SMARTS) is 1. The van der Waals surface area contributed by atoms with Crippen molar-refractivity contribution < 1.29 is 28.6 Å². The van der Waals surface area contributed by atoms with E-state index in [1.165, 1.54) is 17.8 Å². The van der Waals surface area contributed by atoms with Gasteiger partial charge in [-0.2, -0.15) is 0 Å². The molecule has 0 radical (unpaired) electrons. The summed E-state index contributed by atoms with van der Waals surface area (Å²) in [7, 11) is 0. The smallest absolute Gasteiger partial charge is 0.371 e. The molecule has 2 heterocycles. The average Bonchev–Trinajstić information content (AvgIpc) is 3.43. The Labute approximate surface area is 206 Å². The number of furan rings is 1. The minimum Gasteiger partial charge on any atom is -0.490 e. The summed E-state index contributed by atoms with van der Waals surface area (Å²) in [5.41, 5.74) is 3.79. The highest BCUT2D eigenvalue weighted by molar-refractivity contribution is 8.18. The number of thioether (sulfide) groups is 1. The Kier molecular flexibility index (Phi) is 7.26. The summed E-state index contributed by atoms with van der Waals surface area (Å²) in [4.78, 5) is 28.6. The summed E-state index contributed by atoms with van der Waals surface area (Å²) < 4.78 is 16.7. The number of nitrogens with zero attached hydrogens (tertiary/aromatic N) is 1. The third-order valence-electron chi connectivity index (χ3n) is 5.26. The first-order valence-electron chi connectivity index (χ1n) is 10.9. The number of benzene rings is 2. The van der Waals surface area contributed by atoms with Gasteiger partial charge >= 0.3 is 5.97 Å². The molecule has 0 bridgehead atoms. The molecule has 0 aliphatic carbocycles. The van der Waals surface area contributed by atoms with Crippen LogP contribution >= 0.6 is 11.8 Å². The van der Waals surface area contributed by atoms with Gasteiger partial charge in [0, 0.05) is 0 Å². The van der Waals surface area contributed by atoms with E-state index in [0.29, 0.717) is 33.9 Å². The summed E-state index contributed by atoms with van der Waals surface area (Å²) in [5, 5.41) is 12.3. The highest BCUT2D eigenvalue weighted by Gasteiger charge is 2.24. The lowest BCUT2D eigenvalue weighted by Crippen LogP contribution is -2.19. The van der Waals surface area contributed by atoms with Crippen LogP contribution in [-0.2, 0) is 11.4 Å². The van der Waals surface area contributed by atoms with Crippen LogP contribution in [0.4, 0.5) is 5.69 Å². The van der Waals surface area contributed by atoms with Crippen LogP contribution in [0.1, 0.15) is 39.9 Å². The van der Waals surface area contributed by atoms with Crippen molar-refractivity contribution in [1.82, 2.24) is 5.32 Å². The number of hydrogen-bond donors (Lipinski definition) is 2. The molecule has 8 nitrogen and oxygen atoms in total. The number of aryl methyl sites for hydroxylation is 1. The van der Waals surface area contributed by atoms with Gasteiger partial charge in [0.05, 0.1) is 17.2 Å². The van der Waals surface area contributed by atoms with E-state index in [1.807, 2.05) is 45.0 Å². The number of nitrogens with one attached hydrogen (secondary N) is 1. The molecule has 0 spiro atoms. The number of carbonyl (C=O) groups excluding carboxylic acids is 1. The topological polar surface area (TPSA) is 110 Å². The predicted octanol–water partition coefficient (Wildman–Crippen LogP) is 5.46. The Hall–Kier alpha value is -3.98. The molecule has 1 amide bonds. The molecule has 0 unspecified atom stereocenters. The minimum absolute atomic E-state index is 0.0459. The first-order valence-corrected chi connectivity index (χ1v) is 11.7. The first kappa shape index (κ1) is 24.2. The third kappa shape index (κ3) is 5.75. The van der Waals surface area contributed by atoms with Crippen molar-refractivity contribution in [2.24, 2.45) is 4.99 Å². The molecular formula is C26H24N2O6S. The fourth-order valence-electron chi connectivity index (χ4n) is 3.32. The lowest BCUT2D eigenvalue weighted by molar-refractivity contribution is -0.115. The lowest BCUT2D eigenvalue weighted by atomic mass is 10.1. The van der Waals surface area contributed by atoms with E-state index in [2.05, 4.69) is 10.3 Å². The fourth-order valence-corrected chi connectivity index (χ4v) is 4.15. The van der Waals surface area contributed by atoms with Gasteiger partial charge < -0.3 is 24.3 Å². The van der Waals surface area contributed by atoms with Crippen LogP contribution in [-0.4, -0.2) is 28.8 Å². The molecule has 0 saturated carbocycles. The zero-order valence-corrected chi connectivity index (χ0v) is 20.3. The number of amidine groups is 1. The molecule has 0 atom stereocenters. The number of carboxylic acids is 1. The number of aliphatic imine (C=N–C) groups is 1. The van der Waals surface area contributed by atoms with Gasteiger partial charge in [-0.1, -0.05) is 18.2 Å². The molecule has 2 aromatic carbocycles. The molecule has 180 valence electrons. The Morgan fingerprint density at radius 1 is 1.14 bits per heavy atom. The van der Waals surface area contributed by atoms with E-state index in [9.17, 15) is 9.59 Å². The Bertz CT molecular complexity index is 1340. The van der Waals surface area contributed by atoms with Crippen molar-refractivity contribution in [3.63, 3.8) is 0 Å². The minimum atomic E-state index is -1.14. The van der Waals surface area contributed by atoms with Gasteiger partial charge in [0.15, 0.2) is 16.7 Å². The molecule has 9 heteroatoms. The summed E-state index contributed by atoms with van der Waals surface area (Å²) >= 11 is 1.28. The van der Waals surface area contributed by atoms with Gasteiger partial charge in [-0.25, -0.2) is 9.79 Å². The van der Waals surface area contributed by atoms with Gasteiger partial charge in [-0.15, -0.1) is 0 Å². The normalized spacial score (nSPS) is 15.5. The van der Waals surface area contributed by atoms with E-state index in [-0.39, 0.29) is 18.3 Å². The first-order chi connectivity index (χ1) is 16.8. The highest BCUT2D eigenvalue weighted by atomic mass is 32.2. The Morgan fingerprint density at radius 2 is 1.97 bits per heavy atom. The molecule has 1 saturated heterocycles. The largest absolute Gasteiger partial charge is 0.490 e. The van der Waals surface area contributed by atoms with Crippen LogP contribution in [0, 0.1) is 13.8 Å². The number of aromatic carboxylic acids is 1. The van der Waals surface area contributed by atoms with Crippen molar-refractivity contribution in [1.29, 1.82) is 0 Å². The second-order valence-corrected chi connectivity index (χ2v) is 8.73. The van der Waals surface area contributed by atoms with Crippen molar-refractivity contribution in [2.45, 2.75) is 27.4 Å². The van der Waals surface area contributed by atoms with Crippen LogP contribution in [0.5, 0.6) is 11.5 Å². The van der Waals surface area contributed by atoms with E-state index in [4.69, 9.17) is 19.0 Å². The van der Waals surface area contributed by atoms with Crippen molar-refractivity contribution >= 4 is 40.6 Å². The van der Waals surface area contributed by atoms with E-state index in [0.717, 1.165) is 22.4 Å². The fraction of sp³-hybridized carbons (Fsp3) is 0.192. The van der Waals surface area contributed by atoms with Gasteiger partial charge in [0.1, 0.15) is 12.4 Å². The maximum atomic E-state index is 12.5. The van der Waals surface area contributed by atoms with E-state index >= 15 is 0 Å². The zero-order valence-electron chi connectivity index (χ0n) is 19.5. The van der Waals surface area contributed by atoms with Crippen LogP contribution in [0.2, 0.25) is 0 Å². The highest BCUT2D eigenvalue weighted by Crippen LogP contribution is 2.33. The van der Waals surface area contributed by atoms with Gasteiger partial charge in [-0.05, 0) is 85.6 Å². The SMILES string of the molecule is CCOc1cc(C=C2SC(=Nc3cccc(C)c3C)NC2=O)ccc1OCc1ccc(C(=O)O)o1. The second-order valence-electron chi connectivity index (χ2n) is 7.70. The molecule has 1 aliphatic rings. The summed E-state index contributed by atoms with van der Waals surface area (Å²) in [6.45, 7) is 6.35. The van der Waals surface area contributed by atoms with Gasteiger partial charge in [0.2, 0.25) is 5.76 Å². The number of hydrogen-bond acceptors (Lipinski definition) is 7. The third-order valence-corrected chi connectivity index (χ3v) is 6.17. The monoisotopic (exact) mass is 492 g/mol. The Morgan fingerprint density at radius 3 is 2.71 bits per heavy atom. The van der Waals surface area contributed by atoms with E-state index < -0.39 is 5.97 Å². The predicted molar refractivity (Wildman–Crippen MR) is 134 cm³/mol. The number of rotatable bonds is 8. The molecule has 1 fully saturated rings. The lowest BCUT2D eigenvalue weighted by Gasteiger charge is -2.12. The number of carbonyl (C=O) groups is 2. The van der Waals surface area contributed by atoms with E-state index in [1.54, 1.807) is 24.3 Å². The molecule has 35 heavy (non-hydrogen) atoms.